The Hall–Kier alpha value is -0.120. The molecule has 3 saturated heterocycles. The number of hydrogen-bond acceptors (Lipinski definition) is 3. The van der Waals surface area contributed by atoms with E-state index >= 15 is 0 Å². The van der Waals surface area contributed by atoms with Gasteiger partial charge in [-0.2, -0.15) is 0 Å². The van der Waals surface area contributed by atoms with Gasteiger partial charge in [-0.05, 0) is 69.6 Å². The molecule has 130 valence electrons. The third-order valence-corrected chi connectivity index (χ3v) is 9.17. The molecule has 3 heteroatoms. The predicted molar refractivity (Wildman–Crippen MR) is 88.1 cm³/mol. The lowest BCUT2D eigenvalue weighted by Crippen LogP contribution is -2.75. The Kier molecular flexibility index (Phi) is 2.53. The molecule has 5 rings (SSSR count). The zero-order valence-electron chi connectivity index (χ0n) is 15.3. The smallest absolute Gasteiger partial charge is 0.121 e. The van der Waals surface area contributed by atoms with Gasteiger partial charge in [-0.25, -0.2) is 0 Å². The Bertz CT molecular complexity index is 575. The summed E-state index contributed by atoms with van der Waals surface area (Å²) in [4.78, 5) is 0. The summed E-state index contributed by atoms with van der Waals surface area (Å²) < 4.78 is 13.3. The van der Waals surface area contributed by atoms with Gasteiger partial charge < -0.3 is 14.6 Å². The van der Waals surface area contributed by atoms with E-state index in [0.29, 0.717) is 17.8 Å². The van der Waals surface area contributed by atoms with Crippen LogP contribution in [0.25, 0.3) is 0 Å². The fourth-order valence-electron chi connectivity index (χ4n) is 7.64. The maximum atomic E-state index is 11.5. The standard InChI is InChI=1S/C20H32O3/c1-12(2)19(21)9-8-16(3)10-14-17(4)7-6-15-18(5,23-17)20(14,22-15)11-13(16)19/h12-15,21H,6-11H2,1-5H3/t13-,14-,15+,16-,17?,18?,19-,20-/m1/s1. The van der Waals surface area contributed by atoms with Crippen LogP contribution in [0.3, 0.4) is 0 Å². The summed E-state index contributed by atoms with van der Waals surface area (Å²) in [5.74, 6) is 1.15. The predicted octanol–water partition coefficient (Wildman–Crippen LogP) is 3.68. The van der Waals surface area contributed by atoms with Crippen molar-refractivity contribution in [3.8, 4) is 0 Å². The second-order valence-corrected chi connectivity index (χ2v) is 10.4. The Morgan fingerprint density at radius 2 is 1.74 bits per heavy atom. The molecule has 1 N–H and O–H groups in total. The van der Waals surface area contributed by atoms with Crippen molar-refractivity contribution in [1.29, 1.82) is 0 Å². The molecule has 3 heterocycles. The lowest BCUT2D eigenvalue weighted by Gasteiger charge is -2.64. The topological polar surface area (TPSA) is 38.7 Å². The van der Waals surface area contributed by atoms with E-state index in [0.717, 1.165) is 38.5 Å². The number of rotatable bonds is 1. The first-order chi connectivity index (χ1) is 10.6. The van der Waals surface area contributed by atoms with Crippen molar-refractivity contribution >= 4 is 0 Å². The maximum absolute atomic E-state index is 11.5. The van der Waals surface area contributed by atoms with Crippen LogP contribution in [0.4, 0.5) is 0 Å². The molecular formula is C20H32O3. The summed E-state index contributed by atoms with van der Waals surface area (Å²) in [5, 5.41) is 11.5. The summed E-state index contributed by atoms with van der Waals surface area (Å²) in [6.45, 7) is 11.4. The van der Waals surface area contributed by atoms with Crippen LogP contribution in [-0.2, 0) is 9.47 Å². The van der Waals surface area contributed by atoms with Crippen molar-refractivity contribution in [3.63, 3.8) is 0 Å². The van der Waals surface area contributed by atoms with E-state index in [9.17, 15) is 5.11 Å². The molecular weight excluding hydrogens is 288 g/mol. The van der Waals surface area contributed by atoms with Crippen LogP contribution in [0, 0.1) is 23.2 Å². The highest BCUT2D eigenvalue weighted by Crippen LogP contribution is 2.75. The second-order valence-electron chi connectivity index (χ2n) is 10.4. The van der Waals surface area contributed by atoms with E-state index in [-0.39, 0.29) is 28.3 Å². The van der Waals surface area contributed by atoms with Crippen LogP contribution in [-0.4, -0.2) is 33.6 Å². The molecule has 5 aliphatic rings. The number of aliphatic hydroxyl groups is 1. The Morgan fingerprint density at radius 1 is 1.00 bits per heavy atom. The quantitative estimate of drug-likeness (QED) is 0.801. The van der Waals surface area contributed by atoms with Gasteiger partial charge in [0.15, 0.2) is 0 Å². The van der Waals surface area contributed by atoms with Crippen LogP contribution < -0.4 is 0 Å². The highest BCUT2D eigenvalue weighted by molar-refractivity contribution is 5.31. The van der Waals surface area contributed by atoms with Gasteiger partial charge in [0.1, 0.15) is 11.2 Å². The van der Waals surface area contributed by atoms with Crippen molar-refractivity contribution in [2.24, 2.45) is 23.2 Å². The molecule has 3 nitrogen and oxygen atoms in total. The average Bonchev–Trinajstić information content (AvgIpc) is 2.71. The third kappa shape index (κ3) is 1.39. The molecule has 8 atom stereocenters. The van der Waals surface area contributed by atoms with E-state index in [1.807, 2.05) is 0 Å². The van der Waals surface area contributed by atoms with Crippen LogP contribution >= 0.6 is 0 Å². The highest BCUT2D eigenvalue weighted by atomic mass is 16.7. The largest absolute Gasteiger partial charge is 0.389 e. The number of hydrogen-bond donors (Lipinski definition) is 1. The second kappa shape index (κ2) is 3.83. The fraction of sp³-hybridized carbons (Fsp3) is 1.00. The molecule has 2 bridgehead atoms. The van der Waals surface area contributed by atoms with E-state index in [2.05, 4.69) is 34.6 Å². The Morgan fingerprint density at radius 3 is 2.43 bits per heavy atom. The van der Waals surface area contributed by atoms with Crippen molar-refractivity contribution in [2.75, 3.05) is 0 Å². The minimum atomic E-state index is -0.531. The van der Waals surface area contributed by atoms with Gasteiger partial charge >= 0.3 is 0 Å². The molecule has 1 spiro atoms. The van der Waals surface area contributed by atoms with E-state index in [1.54, 1.807) is 0 Å². The molecule has 2 aliphatic carbocycles. The molecule has 0 aromatic carbocycles. The van der Waals surface area contributed by atoms with E-state index in [1.165, 1.54) is 0 Å². The molecule has 2 unspecified atom stereocenters. The molecule has 0 aromatic rings. The monoisotopic (exact) mass is 320 g/mol. The summed E-state index contributed by atoms with van der Waals surface area (Å²) in [6, 6.07) is 0. The number of fused-ring (bicyclic) bond motifs is 3. The summed E-state index contributed by atoms with van der Waals surface area (Å²) in [5.41, 5.74) is -0.568. The molecule has 5 fully saturated rings. The van der Waals surface area contributed by atoms with Gasteiger partial charge in [0.05, 0.1) is 17.3 Å². The van der Waals surface area contributed by atoms with Crippen molar-refractivity contribution in [2.45, 2.75) is 102 Å². The van der Waals surface area contributed by atoms with Crippen molar-refractivity contribution in [1.82, 2.24) is 0 Å². The zero-order valence-corrected chi connectivity index (χ0v) is 15.3. The lowest BCUT2D eigenvalue weighted by atomic mass is 9.51. The van der Waals surface area contributed by atoms with Crippen LogP contribution in [0.1, 0.15) is 73.1 Å². The highest BCUT2D eigenvalue weighted by Gasteiger charge is 2.83. The van der Waals surface area contributed by atoms with Crippen molar-refractivity contribution < 1.29 is 14.6 Å². The summed E-state index contributed by atoms with van der Waals surface area (Å²) >= 11 is 0. The third-order valence-electron chi connectivity index (χ3n) is 9.17. The van der Waals surface area contributed by atoms with Gasteiger partial charge in [-0.15, -0.1) is 0 Å². The molecule has 3 aliphatic heterocycles. The average molecular weight is 320 g/mol. The minimum absolute atomic E-state index is 0.0196. The van der Waals surface area contributed by atoms with E-state index in [4.69, 9.17) is 9.47 Å². The molecule has 0 radical (unpaired) electrons. The molecule has 0 amide bonds. The van der Waals surface area contributed by atoms with Gasteiger partial charge in [0.25, 0.3) is 0 Å². The first-order valence-electron chi connectivity index (χ1n) is 9.70. The van der Waals surface area contributed by atoms with Gasteiger partial charge in [-0.1, -0.05) is 20.8 Å². The van der Waals surface area contributed by atoms with Crippen molar-refractivity contribution in [3.05, 3.63) is 0 Å². The van der Waals surface area contributed by atoms with Gasteiger partial charge in [0, 0.05) is 5.92 Å². The Balaban J connectivity index is 1.61. The van der Waals surface area contributed by atoms with Gasteiger partial charge in [-0.3, -0.25) is 0 Å². The summed E-state index contributed by atoms with van der Waals surface area (Å²) in [7, 11) is 0. The normalized spacial score (nSPS) is 66.1. The fourth-order valence-corrected chi connectivity index (χ4v) is 7.64. The van der Waals surface area contributed by atoms with Gasteiger partial charge in [0.2, 0.25) is 0 Å². The molecule has 23 heavy (non-hydrogen) atoms. The van der Waals surface area contributed by atoms with Crippen LogP contribution in [0.5, 0.6) is 0 Å². The Labute approximate surface area is 140 Å². The molecule has 0 aromatic heterocycles. The maximum Gasteiger partial charge on any atom is 0.121 e. The lowest BCUT2D eigenvalue weighted by molar-refractivity contribution is -0.360. The first-order valence-corrected chi connectivity index (χ1v) is 9.70. The minimum Gasteiger partial charge on any atom is -0.389 e. The SMILES string of the molecule is CC(C)[C@]1(O)CC[C@]2(C)C[C@@H]3C4(C)CC[C@@H]5O[C@@]3(C[C@H]21)C5(C)O4. The zero-order chi connectivity index (χ0) is 16.5. The van der Waals surface area contributed by atoms with E-state index < -0.39 is 5.60 Å². The van der Waals surface area contributed by atoms with Crippen LogP contribution in [0.2, 0.25) is 0 Å². The number of ether oxygens (including phenoxy) is 2. The molecule has 2 saturated carbocycles. The van der Waals surface area contributed by atoms with Crippen LogP contribution in [0.15, 0.2) is 0 Å². The summed E-state index contributed by atoms with van der Waals surface area (Å²) in [6.07, 6.45) is 6.80. The first kappa shape index (κ1) is 15.2.